The first kappa shape index (κ1) is 15.6. The molecule has 0 aromatic heterocycles. The van der Waals surface area contributed by atoms with E-state index in [-0.39, 0.29) is 18.2 Å². The van der Waals surface area contributed by atoms with Gasteiger partial charge in [-0.2, -0.15) is 0 Å². The maximum atomic E-state index is 12.6. The molecule has 2 atom stereocenters. The first-order valence-electron chi connectivity index (χ1n) is 8.87. The summed E-state index contributed by atoms with van der Waals surface area (Å²) in [4.78, 5) is 14.5. The molecule has 2 saturated heterocycles. The van der Waals surface area contributed by atoms with Crippen molar-refractivity contribution in [2.75, 3.05) is 32.9 Å². The zero-order chi connectivity index (χ0) is 16.4. The summed E-state index contributed by atoms with van der Waals surface area (Å²) in [6.07, 6.45) is 4.29. The second-order valence-corrected chi connectivity index (χ2v) is 6.58. The normalized spacial score (nSPS) is 25.8. The third-order valence-electron chi connectivity index (χ3n) is 4.97. The zero-order valence-electron chi connectivity index (χ0n) is 13.8. The van der Waals surface area contributed by atoms with Gasteiger partial charge < -0.3 is 24.4 Å². The lowest BCUT2D eigenvalue weighted by Gasteiger charge is -2.27. The number of ether oxygens (including phenoxy) is 3. The van der Waals surface area contributed by atoms with E-state index in [0.29, 0.717) is 19.8 Å². The number of carbonyl (C=O) groups excluding carboxylic acids is 1. The number of benzene rings is 1. The van der Waals surface area contributed by atoms with E-state index >= 15 is 0 Å². The van der Waals surface area contributed by atoms with Crippen LogP contribution in [-0.2, 0) is 4.74 Å². The minimum atomic E-state index is 0.00268. The molecule has 0 saturated carbocycles. The van der Waals surface area contributed by atoms with Crippen LogP contribution in [0, 0.1) is 0 Å². The molecule has 3 heterocycles. The third kappa shape index (κ3) is 3.15. The van der Waals surface area contributed by atoms with Crippen LogP contribution in [0.1, 0.15) is 37.3 Å². The first-order valence-corrected chi connectivity index (χ1v) is 8.87. The van der Waals surface area contributed by atoms with Gasteiger partial charge >= 0.3 is 6.03 Å². The Bertz CT molecular complexity index is 601. The molecule has 3 aliphatic rings. The van der Waals surface area contributed by atoms with Gasteiger partial charge in [0.05, 0.1) is 12.1 Å². The second kappa shape index (κ2) is 6.89. The summed E-state index contributed by atoms with van der Waals surface area (Å²) >= 11 is 0. The van der Waals surface area contributed by atoms with E-state index in [9.17, 15) is 4.79 Å². The monoisotopic (exact) mass is 332 g/mol. The van der Waals surface area contributed by atoms with Crippen LogP contribution in [0.3, 0.4) is 0 Å². The van der Waals surface area contributed by atoms with Gasteiger partial charge in [0, 0.05) is 19.7 Å². The Hall–Kier alpha value is -1.95. The summed E-state index contributed by atoms with van der Waals surface area (Å²) < 4.78 is 16.8. The predicted octanol–water partition coefficient (Wildman–Crippen LogP) is 2.48. The van der Waals surface area contributed by atoms with Gasteiger partial charge in [-0.15, -0.1) is 0 Å². The molecule has 2 amide bonds. The molecule has 6 nitrogen and oxygen atoms in total. The molecule has 1 aromatic carbocycles. The quantitative estimate of drug-likeness (QED) is 0.924. The molecule has 6 heteroatoms. The lowest BCUT2D eigenvalue weighted by atomic mass is 10.0. The highest BCUT2D eigenvalue weighted by atomic mass is 16.6. The Labute approximate surface area is 142 Å². The summed E-state index contributed by atoms with van der Waals surface area (Å²) in [5, 5.41) is 3.03. The van der Waals surface area contributed by atoms with Gasteiger partial charge in [0.25, 0.3) is 0 Å². The van der Waals surface area contributed by atoms with Crippen molar-refractivity contribution in [2.45, 2.75) is 37.8 Å². The van der Waals surface area contributed by atoms with Gasteiger partial charge in [-0.3, -0.25) is 0 Å². The second-order valence-electron chi connectivity index (χ2n) is 6.58. The highest BCUT2D eigenvalue weighted by Gasteiger charge is 2.31. The first-order chi connectivity index (χ1) is 11.8. The summed E-state index contributed by atoms with van der Waals surface area (Å²) in [6, 6.07) is 6.12. The Morgan fingerprint density at radius 2 is 2.00 bits per heavy atom. The van der Waals surface area contributed by atoms with Gasteiger partial charge in [-0.1, -0.05) is 6.07 Å². The maximum absolute atomic E-state index is 12.6. The van der Waals surface area contributed by atoms with E-state index < -0.39 is 0 Å². The van der Waals surface area contributed by atoms with Gasteiger partial charge in [0.2, 0.25) is 0 Å². The fourth-order valence-corrected chi connectivity index (χ4v) is 3.73. The van der Waals surface area contributed by atoms with Crippen LogP contribution < -0.4 is 14.8 Å². The van der Waals surface area contributed by atoms with Crippen LogP contribution in [-0.4, -0.2) is 49.9 Å². The average Bonchev–Trinajstić information content (AvgIpc) is 3.31. The van der Waals surface area contributed by atoms with Crippen molar-refractivity contribution in [2.24, 2.45) is 0 Å². The Morgan fingerprint density at radius 3 is 2.83 bits per heavy atom. The van der Waals surface area contributed by atoms with Crippen LogP contribution in [0.5, 0.6) is 11.5 Å². The third-order valence-corrected chi connectivity index (χ3v) is 4.97. The van der Waals surface area contributed by atoms with Crippen molar-refractivity contribution in [1.82, 2.24) is 10.2 Å². The SMILES string of the molecule is O=C(NCC1CCCO1)N1CCCC1c1ccc2c(c1)OCCO2. The molecule has 0 bridgehead atoms. The summed E-state index contributed by atoms with van der Waals surface area (Å²) in [7, 11) is 0. The Morgan fingerprint density at radius 1 is 1.12 bits per heavy atom. The molecule has 1 N–H and O–H groups in total. The smallest absolute Gasteiger partial charge is 0.318 e. The highest BCUT2D eigenvalue weighted by molar-refractivity contribution is 5.75. The number of urea groups is 1. The molecule has 1 aromatic rings. The lowest BCUT2D eigenvalue weighted by Crippen LogP contribution is -2.42. The Kier molecular flexibility index (Phi) is 4.47. The summed E-state index contributed by atoms with van der Waals surface area (Å²) in [6.45, 7) is 3.37. The number of likely N-dealkylation sites (tertiary alicyclic amines) is 1. The van der Waals surface area contributed by atoms with Crippen LogP contribution in [0.25, 0.3) is 0 Å². The van der Waals surface area contributed by atoms with E-state index in [1.807, 2.05) is 23.1 Å². The van der Waals surface area contributed by atoms with Gasteiger partial charge in [-0.25, -0.2) is 4.79 Å². The summed E-state index contributed by atoms with van der Waals surface area (Å²) in [5.74, 6) is 1.57. The molecule has 3 aliphatic heterocycles. The number of fused-ring (bicyclic) bond motifs is 1. The van der Waals surface area contributed by atoms with Crippen LogP contribution in [0.15, 0.2) is 18.2 Å². The molecule has 130 valence electrons. The van der Waals surface area contributed by atoms with Crippen molar-refractivity contribution < 1.29 is 19.0 Å². The lowest BCUT2D eigenvalue weighted by molar-refractivity contribution is 0.108. The fraction of sp³-hybridized carbons (Fsp3) is 0.611. The molecule has 0 aliphatic carbocycles. The molecule has 4 rings (SSSR count). The van der Waals surface area contributed by atoms with Crippen LogP contribution in [0.4, 0.5) is 4.79 Å². The van der Waals surface area contributed by atoms with E-state index in [1.54, 1.807) is 0 Å². The van der Waals surface area contributed by atoms with Crippen LogP contribution >= 0.6 is 0 Å². The van der Waals surface area contributed by atoms with Gasteiger partial charge in [0.15, 0.2) is 11.5 Å². The Balaban J connectivity index is 1.43. The fourth-order valence-electron chi connectivity index (χ4n) is 3.73. The van der Waals surface area contributed by atoms with E-state index in [2.05, 4.69) is 5.32 Å². The summed E-state index contributed by atoms with van der Waals surface area (Å²) in [5.41, 5.74) is 1.11. The number of amides is 2. The molecule has 2 fully saturated rings. The van der Waals surface area contributed by atoms with E-state index in [1.165, 1.54) is 0 Å². The maximum Gasteiger partial charge on any atom is 0.318 e. The molecule has 2 unspecified atom stereocenters. The molecule has 24 heavy (non-hydrogen) atoms. The number of hydrogen-bond donors (Lipinski definition) is 1. The van der Waals surface area contributed by atoms with Crippen molar-refractivity contribution in [1.29, 1.82) is 0 Å². The number of nitrogens with zero attached hydrogens (tertiary/aromatic N) is 1. The molecular weight excluding hydrogens is 308 g/mol. The van der Waals surface area contributed by atoms with Crippen molar-refractivity contribution >= 4 is 6.03 Å². The molecule has 0 radical (unpaired) electrons. The van der Waals surface area contributed by atoms with E-state index in [4.69, 9.17) is 14.2 Å². The molecular formula is C18H24N2O4. The standard InChI is InChI=1S/C18H24N2O4/c21-18(19-12-14-3-2-8-22-14)20-7-1-4-15(20)13-5-6-16-17(11-13)24-10-9-23-16/h5-6,11,14-15H,1-4,7-10,12H2,(H,19,21). The number of rotatable bonds is 3. The zero-order valence-corrected chi connectivity index (χ0v) is 13.8. The van der Waals surface area contributed by atoms with Crippen molar-refractivity contribution in [3.05, 3.63) is 23.8 Å². The van der Waals surface area contributed by atoms with Gasteiger partial charge in [0.1, 0.15) is 13.2 Å². The largest absolute Gasteiger partial charge is 0.486 e. The minimum absolute atomic E-state index is 0.00268. The highest BCUT2D eigenvalue weighted by Crippen LogP contribution is 2.38. The average molecular weight is 332 g/mol. The molecule has 0 spiro atoms. The number of nitrogens with one attached hydrogen (secondary N) is 1. The topological polar surface area (TPSA) is 60.0 Å². The van der Waals surface area contributed by atoms with Crippen molar-refractivity contribution in [3.63, 3.8) is 0 Å². The minimum Gasteiger partial charge on any atom is -0.486 e. The van der Waals surface area contributed by atoms with Crippen molar-refractivity contribution in [3.8, 4) is 11.5 Å². The van der Waals surface area contributed by atoms with E-state index in [0.717, 1.165) is 55.9 Å². The number of carbonyl (C=O) groups is 1. The van der Waals surface area contributed by atoms with Gasteiger partial charge in [-0.05, 0) is 43.4 Å². The van der Waals surface area contributed by atoms with Crippen LogP contribution in [0.2, 0.25) is 0 Å². The predicted molar refractivity (Wildman–Crippen MR) is 88.5 cm³/mol. The number of hydrogen-bond acceptors (Lipinski definition) is 4.